The molecule has 0 bridgehead atoms. The van der Waals surface area contributed by atoms with Gasteiger partial charge in [-0.2, -0.15) is 0 Å². The van der Waals surface area contributed by atoms with Crippen LogP contribution in [0.2, 0.25) is 0 Å². The lowest BCUT2D eigenvalue weighted by Gasteiger charge is -2.35. The average molecular weight is 652 g/mol. The summed E-state index contributed by atoms with van der Waals surface area (Å²) in [4.78, 5) is 2.37. The highest BCUT2D eigenvalue weighted by Crippen LogP contribution is 2.57. The van der Waals surface area contributed by atoms with E-state index in [-0.39, 0.29) is 0 Å². The van der Waals surface area contributed by atoms with E-state index < -0.39 is 5.41 Å². The Morgan fingerprint density at radius 2 is 0.941 bits per heavy atom. The van der Waals surface area contributed by atoms with Crippen molar-refractivity contribution in [3.8, 4) is 22.3 Å². The molecule has 51 heavy (non-hydrogen) atoms. The van der Waals surface area contributed by atoms with E-state index in [4.69, 9.17) is 4.42 Å². The van der Waals surface area contributed by atoms with Crippen LogP contribution < -0.4 is 4.90 Å². The van der Waals surface area contributed by atoms with Crippen LogP contribution in [0.5, 0.6) is 0 Å². The van der Waals surface area contributed by atoms with Crippen LogP contribution in [-0.4, -0.2) is 0 Å². The van der Waals surface area contributed by atoms with Gasteiger partial charge in [0.25, 0.3) is 0 Å². The standard InChI is InChI=1S/C49H33NO/c1-4-14-34(15-5-1)35-24-27-39(28-25-35)50(38-18-8-3-9-19-38)40-29-31-42-41-20-10-12-22-45(41)49(46(42)33-40,36-16-6-2-7-17-36)37-26-30-44-43-21-11-13-23-47(43)51-48(44)32-37/h1-33H. The zero-order chi connectivity index (χ0) is 33.8. The van der Waals surface area contributed by atoms with Crippen LogP contribution in [0.15, 0.2) is 205 Å². The molecule has 0 spiro atoms. The van der Waals surface area contributed by atoms with Crippen LogP contribution in [0.25, 0.3) is 44.2 Å². The molecule has 10 rings (SSSR count). The maximum atomic E-state index is 6.52. The van der Waals surface area contributed by atoms with Gasteiger partial charge in [-0.05, 0) is 93.0 Å². The number of hydrogen-bond acceptors (Lipinski definition) is 2. The van der Waals surface area contributed by atoms with Gasteiger partial charge in [0, 0.05) is 27.8 Å². The lowest BCUT2D eigenvalue weighted by Crippen LogP contribution is -2.28. The maximum Gasteiger partial charge on any atom is 0.135 e. The fraction of sp³-hybridized carbons (Fsp3) is 0.0204. The van der Waals surface area contributed by atoms with Gasteiger partial charge in [-0.1, -0.05) is 152 Å². The van der Waals surface area contributed by atoms with Crippen molar-refractivity contribution in [3.05, 3.63) is 222 Å². The summed E-state index contributed by atoms with van der Waals surface area (Å²) in [6, 6.07) is 72.2. The Bertz CT molecular complexity index is 2680. The molecule has 0 saturated carbocycles. The molecule has 8 aromatic carbocycles. The molecule has 0 fully saturated rings. The topological polar surface area (TPSA) is 16.4 Å². The molecule has 0 amide bonds. The van der Waals surface area contributed by atoms with Crippen LogP contribution in [0.1, 0.15) is 22.3 Å². The number of anilines is 3. The van der Waals surface area contributed by atoms with Gasteiger partial charge in [0.05, 0.1) is 5.41 Å². The quantitative estimate of drug-likeness (QED) is 0.178. The van der Waals surface area contributed by atoms with Gasteiger partial charge in [0.1, 0.15) is 11.2 Å². The van der Waals surface area contributed by atoms with E-state index in [1.807, 2.05) is 6.07 Å². The minimum atomic E-state index is -0.574. The van der Waals surface area contributed by atoms with E-state index in [1.165, 1.54) is 44.5 Å². The molecule has 0 aliphatic heterocycles. The second-order valence-corrected chi connectivity index (χ2v) is 13.3. The zero-order valence-corrected chi connectivity index (χ0v) is 27.9. The van der Waals surface area contributed by atoms with Crippen molar-refractivity contribution in [3.63, 3.8) is 0 Å². The van der Waals surface area contributed by atoms with E-state index in [0.717, 1.165) is 39.0 Å². The Labute approximate surface area is 297 Å². The van der Waals surface area contributed by atoms with E-state index >= 15 is 0 Å². The number of rotatable bonds is 6. The van der Waals surface area contributed by atoms with Gasteiger partial charge in [0.2, 0.25) is 0 Å². The molecule has 0 saturated heterocycles. The summed E-state index contributed by atoms with van der Waals surface area (Å²) in [5.74, 6) is 0. The van der Waals surface area contributed by atoms with Crippen molar-refractivity contribution < 1.29 is 4.42 Å². The van der Waals surface area contributed by atoms with Gasteiger partial charge in [-0.25, -0.2) is 0 Å². The number of fused-ring (bicyclic) bond motifs is 6. The normalized spacial score (nSPS) is 14.7. The number of para-hydroxylation sites is 2. The number of nitrogens with zero attached hydrogens (tertiary/aromatic N) is 1. The minimum Gasteiger partial charge on any atom is -0.456 e. The average Bonchev–Trinajstić information content (AvgIpc) is 3.72. The van der Waals surface area contributed by atoms with E-state index in [1.54, 1.807) is 0 Å². The summed E-state index contributed by atoms with van der Waals surface area (Å²) >= 11 is 0. The van der Waals surface area contributed by atoms with Gasteiger partial charge in [0.15, 0.2) is 0 Å². The first-order valence-corrected chi connectivity index (χ1v) is 17.5. The van der Waals surface area contributed by atoms with Crippen LogP contribution in [-0.2, 0) is 5.41 Å². The molecular formula is C49H33NO. The maximum absolute atomic E-state index is 6.52. The van der Waals surface area contributed by atoms with Crippen molar-refractivity contribution >= 4 is 39.0 Å². The van der Waals surface area contributed by atoms with E-state index in [9.17, 15) is 0 Å². The smallest absolute Gasteiger partial charge is 0.135 e. The molecule has 240 valence electrons. The summed E-state index contributed by atoms with van der Waals surface area (Å²) < 4.78 is 6.52. The van der Waals surface area contributed by atoms with Crippen molar-refractivity contribution in [1.82, 2.24) is 0 Å². The molecule has 2 nitrogen and oxygen atoms in total. The Kier molecular flexibility index (Phi) is 6.75. The molecule has 1 heterocycles. The highest BCUT2D eigenvalue weighted by Gasteiger charge is 2.46. The van der Waals surface area contributed by atoms with Gasteiger partial charge in [-0.15, -0.1) is 0 Å². The Hall–Kier alpha value is -6.64. The van der Waals surface area contributed by atoms with E-state index in [2.05, 4.69) is 199 Å². The van der Waals surface area contributed by atoms with Gasteiger partial charge < -0.3 is 9.32 Å². The second-order valence-electron chi connectivity index (χ2n) is 13.3. The Morgan fingerprint density at radius 3 is 1.75 bits per heavy atom. The van der Waals surface area contributed by atoms with Crippen LogP contribution in [0.4, 0.5) is 17.1 Å². The summed E-state index contributed by atoms with van der Waals surface area (Å²) in [6.07, 6.45) is 0. The Balaban J connectivity index is 1.22. The fourth-order valence-corrected chi connectivity index (χ4v) is 8.30. The lowest BCUT2D eigenvalue weighted by molar-refractivity contribution is 0.665. The molecule has 1 aliphatic rings. The first kappa shape index (κ1) is 29.3. The molecular weight excluding hydrogens is 619 g/mol. The zero-order valence-electron chi connectivity index (χ0n) is 27.9. The largest absolute Gasteiger partial charge is 0.456 e. The predicted octanol–water partition coefficient (Wildman–Crippen LogP) is 13.1. The third-order valence-electron chi connectivity index (χ3n) is 10.6. The van der Waals surface area contributed by atoms with Crippen molar-refractivity contribution in [2.45, 2.75) is 5.41 Å². The second kappa shape index (κ2) is 11.8. The van der Waals surface area contributed by atoms with Gasteiger partial charge in [-0.3, -0.25) is 0 Å². The SMILES string of the molecule is c1ccc(-c2ccc(N(c3ccccc3)c3ccc4c(c3)C(c3ccccc3)(c3ccc5c(c3)oc3ccccc35)c3ccccc3-4)cc2)cc1. The molecule has 0 N–H and O–H groups in total. The number of hydrogen-bond donors (Lipinski definition) is 0. The first-order valence-electron chi connectivity index (χ1n) is 17.5. The van der Waals surface area contributed by atoms with Crippen LogP contribution in [0.3, 0.4) is 0 Å². The molecule has 1 aromatic heterocycles. The van der Waals surface area contributed by atoms with Crippen molar-refractivity contribution in [2.24, 2.45) is 0 Å². The third kappa shape index (κ3) is 4.57. The molecule has 1 unspecified atom stereocenters. The molecule has 1 aliphatic carbocycles. The lowest BCUT2D eigenvalue weighted by atomic mass is 9.67. The third-order valence-corrected chi connectivity index (χ3v) is 10.6. The summed E-state index contributed by atoms with van der Waals surface area (Å²) in [6.45, 7) is 0. The number of benzene rings is 8. The summed E-state index contributed by atoms with van der Waals surface area (Å²) in [7, 11) is 0. The summed E-state index contributed by atoms with van der Waals surface area (Å²) in [5, 5.41) is 2.27. The molecule has 1 atom stereocenters. The predicted molar refractivity (Wildman–Crippen MR) is 211 cm³/mol. The van der Waals surface area contributed by atoms with Crippen molar-refractivity contribution in [1.29, 1.82) is 0 Å². The van der Waals surface area contributed by atoms with Gasteiger partial charge >= 0.3 is 0 Å². The number of furan rings is 1. The first-order chi connectivity index (χ1) is 25.3. The van der Waals surface area contributed by atoms with Crippen LogP contribution in [0, 0.1) is 0 Å². The minimum absolute atomic E-state index is 0.574. The monoisotopic (exact) mass is 651 g/mol. The van der Waals surface area contributed by atoms with E-state index in [0.29, 0.717) is 0 Å². The molecule has 9 aromatic rings. The van der Waals surface area contributed by atoms with Crippen LogP contribution >= 0.6 is 0 Å². The molecule has 2 heteroatoms. The highest BCUT2D eigenvalue weighted by atomic mass is 16.3. The molecule has 0 radical (unpaired) electrons. The highest BCUT2D eigenvalue weighted by molar-refractivity contribution is 6.05. The fourth-order valence-electron chi connectivity index (χ4n) is 8.30. The van der Waals surface area contributed by atoms with Crippen molar-refractivity contribution in [2.75, 3.05) is 4.90 Å². The Morgan fingerprint density at radius 1 is 0.353 bits per heavy atom. The summed E-state index contributed by atoms with van der Waals surface area (Å²) in [5.41, 5.74) is 14.4.